The molecule has 2 saturated heterocycles. The second-order valence-electron chi connectivity index (χ2n) is 6.73. The largest absolute Gasteiger partial charge is 0.367 e. The molecule has 3 N–H and O–H groups in total. The van der Waals surface area contributed by atoms with E-state index in [-0.39, 0.29) is 29.0 Å². The van der Waals surface area contributed by atoms with Crippen molar-refractivity contribution >= 4 is 29.2 Å². The molecule has 2 aliphatic heterocycles. The summed E-state index contributed by atoms with van der Waals surface area (Å²) in [5.41, 5.74) is 0.159. The number of rotatable bonds is 3. The van der Waals surface area contributed by atoms with Gasteiger partial charge in [-0.05, 0) is 19.3 Å². The van der Waals surface area contributed by atoms with Crippen molar-refractivity contribution in [1.82, 2.24) is 25.7 Å². The maximum atomic E-state index is 12.2. The summed E-state index contributed by atoms with van der Waals surface area (Å²) in [7, 11) is 0. The van der Waals surface area contributed by atoms with Gasteiger partial charge in [-0.1, -0.05) is 11.6 Å². The Balaban J connectivity index is 1.47. The summed E-state index contributed by atoms with van der Waals surface area (Å²) >= 11 is 6.04. The standard InChI is InChI=1S/C16H23ClN6O3/c1-10(24)22-5-2-11(3-6-22)19-16(26)20-12-4-7-23(9-12)13-8-18-21-15(25)14(13)17/h8,11-12H,2-7,9H2,1H3,(H,21,25)(H2,19,20,26). The summed E-state index contributed by atoms with van der Waals surface area (Å²) in [6, 6.07) is -0.148. The molecule has 0 saturated carbocycles. The maximum Gasteiger partial charge on any atom is 0.315 e. The third-order valence-electron chi connectivity index (χ3n) is 4.92. The molecule has 2 aliphatic rings. The van der Waals surface area contributed by atoms with E-state index >= 15 is 0 Å². The van der Waals surface area contributed by atoms with Crippen LogP contribution in [0.3, 0.4) is 0 Å². The Morgan fingerprint density at radius 1 is 1.19 bits per heavy atom. The number of carbonyl (C=O) groups is 2. The number of urea groups is 1. The van der Waals surface area contributed by atoms with Crippen LogP contribution in [0.1, 0.15) is 26.2 Å². The van der Waals surface area contributed by atoms with Crippen molar-refractivity contribution in [3.05, 3.63) is 21.6 Å². The molecule has 1 aromatic rings. The fourth-order valence-corrected chi connectivity index (χ4v) is 3.65. The third kappa shape index (κ3) is 4.27. The Hall–Kier alpha value is -2.29. The first-order valence-electron chi connectivity index (χ1n) is 8.74. The molecule has 3 rings (SSSR count). The second kappa shape index (κ2) is 7.94. The van der Waals surface area contributed by atoms with Crippen LogP contribution in [0.15, 0.2) is 11.0 Å². The van der Waals surface area contributed by atoms with Crippen LogP contribution in [0.2, 0.25) is 5.02 Å². The van der Waals surface area contributed by atoms with Gasteiger partial charge in [0.05, 0.1) is 11.9 Å². The number of amides is 3. The van der Waals surface area contributed by atoms with E-state index < -0.39 is 5.56 Å². The lowest BCUT2D eigenvalue weighted by Gasteiger charge is -2.32. The summed E-state index contributed by atoms with van der Waals surface area (Å²) < 4.78 is 0. The smallest absolute Gasteiger partial charge is 0.315 e. The van der Waals surface area contributed by atoms with E-state index in [0.29, 0.717) is 31.9 Å². The SMILES string of the molecule is CC(=O)N1CCC(NC(=O)NC2CCN(c3cn[nH]c(=O)c3Cl)C2)CC1. The normalized spacial score (nSPS) is 20.9. The van der Waals surface area contributed by atoms with E-state index in [4.69, 9.17) is 11.6 Å². The van der Waals surface area contributed by atoms with Gasteiger partial charge in [0, 0.05) is 45.2 Å². The highest BCUT2D eigenvalue weighted by Crippen LogP contribution is 2.24. The molecule has 0 aromatic carbocycles. The van der Waals surface area contributed by atoms with Crippen molar-refractivity contribution in [2.45, 2.75) is 38.3 Å². The average Bonchev–Trinajstić information content (AvgIpc) is 3.05. The molecule has 0 bridgehead atoms. The number of carbonyl (C=O) groups excluding carboxylic acids is 2. The van der Waals surface area contributed by atoms with Gasteiger partial charge in [0.1, 0.15) is 5.02 Å². The van der Waals surface area contributed by atoms with Gasteiger partial charge >= 0.3 is 6.03 Å². The fourth-order valence-electron chi connectivity index (χ4n) is 3.44. The first kappa shape index (κ1) is 18.5. The van der Waals surface area contributed by atoms with Crippen molar-refractivity contribution in [3.63, 3.8) is 0 Å². The van der Waals surface area contributed by atoms with Gasteiger partial charge in [0.2, 0.25) is 5.91 Å². The maximum absolute atomic E-state index is 12.2. The Morgan fingerprint density at radius 2 is 1.85 bits per heavy atom. The van der Waals surface area contributed by atoms with E-state index in [1.165, 1.54) is 6.20 Å². The van der Waals surface area contributed by atoms with E-state index in [1.807, 2.05) is 4.90 Å². The van der Waals surface area contributed by atoms with E-state index in [9.17, 15) is 14.4 Å². The van der Waals surface area contributed by atoms with Crippen LogP contribution < -0.4 is 21.1 Å². The molecule has 10 heteroatoms. The number of nitrogens with one attached hydrogen (secondary N) is 3. The molecule has 0 spiro atoms. The lowest BCUT2D eigenvalue weighted by molar-refractivity contribution is -0.129. The van der Waals surface area contributed by atoms with E-state index in [1.54, 1.807) is 11.8 Å². The summed E-state index contributed by atoms with van der Waals surface area (Å²) in [4.78, 5) is 38.9. The molecule has 1 aromatic heterocycles. The monoisotopic (exact) mass is 382 g/mol. The Kier molecular flexibility index (Phi) is 5.65. The molecule has 1 unspecified atom stereocenters. The zero-order valence-electron chi connectivity index (χ0n) is 14.6. The fraction of sp³-hybridized carbons (Fsp3) is 0.625. The number of hydrogen-bond acceptors (Lipinski definition) is 5. The van der Waals surface area contributed by atoms with Crippen LogP contribution in [0.4, 0.5) is 10.5 Å². The lowest BCUT2D eigenvalue weighted by Crippen LogP contribution is -2.51. The number of piperidine rings is 1. The number of hydrogen-bond donors (Lipinski definition) is 3. The molecular formula is C16H23ClN6O3. The minimum atomic E-state index is -0.421. The summed E-state index contributed by atoms with van der Waals surface area (Å²) in [6.07, 6.45) is 3.81. The van der Waals surface area contributed by atoms with Crippen LogP contribution in [-0.4, -0.2) is 65.3 Å². The molecule has 2 fully saturated rings. The topological polar surface area (TPSA) is 110 Å². The zero-order chi connectivity index (χ0) is 18.7. The van der Waals surface area contributed by atoms with Crippen LogP contribution in [-0.2, 0) is 4.79 Å². The van der Waals surface area contributed by atoms with E-state index in [0.717, 1.165) is 19.3 Å². The van der Waals surface area contributed by atoms with Crippen molar-refractivity contribution in [2.75, 3.05) is 31.1 Å². The molecule has 26 heavy (non-hydrogen) atoms. The number of aromatic amines is 1. The first-order valence-corrected chi connectivity index (χ1v) is 9.12. The van der Waals surface area contributed by atoms with E-state index in [2.05, 4.69) is 20.8 Å². The average molecular weight is 383 g/mol. The molecule has 9 nitrogen and oxygen atoms in total. The molecule has 0 aliphatic carbocycles. The van der Waals surface area contributed by atoms with Gasteiger partial charge in [-0.25, -0.2) is 9.89 Å². The van der Waals surface area contributed by atoms with Gasteiger partial charge < -0.3 is 20.4 Å². The van der Waals surface area contributed by atoms with Gasteiger partial charge in [-0.2, -0.15) is 5.10 Å². The van der Waals surface area contributed by atoms with Gasteiger partial charge in [0.25, 0.3) is 5.56 Å². The Bertz CT molecular complexity index is 731. The number of nitrogens with zero attached hydrogens (tertiary/aromatic N) is 3. The second-order valence-corrected chi connectivity index (χ2v) is 7.11. The quantitative estimate of drug-likeness (QED) is 0.697. The molecule has 3 heterocycles. The highest BCUT2D eigenvalue weighted by atomic mass is 35.5. The minimum absolute atomic E-state index is 0.0253. The summed E-state index contributed by atoms with van der Waals surface area (Å²) in [5.74, 6) is 0.0758. The predicted molar refractivity (Wildman–Crippen MR) is 97.4 cm³/mol. The molecular weight excluding hydrogens is 360 g/mol. The van der Waals surface area contributed by atoms with Crippen molar-refractivity contribution in [3.8, 4) is 0 Å². The number of anilines is 1. The van der Waals surface area contributed by atoms with Crippen LogP contribution in [0.25, 0.3) is 0 Å². The van der Waals surface area contributed by atoms with Gasteiger partial charge in [0.15, 0.2) is 0 Å². The summed E-state index contributed by atoms with van der Waals surface area (Å²) in [6.45, 7) is 4.17. The number of aromatic nitrogens is 2. The number of likely N-dealkylation sites (tertiary alicyclic amines) is 1. The zero-order valence-corrected chi connectivity index (χ0v) is 15.4. The molecule has 1 atom stereocenters. The van der Waals surface area contributed by atoms with Gasteiger partial charge in [-0.15, -0.1) is 0 Å². The Morgan fingerprint density at radius 3 is 2.54 bits per heavy atom. The minimum Gasteiger partial charge on any atom is -0.367 e. The number of H-pyrrole nitrogens is 1. The summed E-state index contributed by atoms with van der Waals surface area (Å²) in [5, 5.41) is 12.1. The van der Waals surface area contributed by atoms with Gasteiger partial charge in [-0.3, -0.25) is 9.59 Å². The highest BCUT2D eigenvalue weighted by Gasteiger charge is 2.27. The lowest BCUT2D eigenvalue weighted by atomic mass is 10.1. The molecule has 0 radical (unpaired) electrons. The highest BCUT2D eigenvalue weighted by molar-refractivity contribution is 6.33. The molecule has 142 valence electrons. The number of halogens is 1. The van der Waals surface area contributed by atoms with Crippen molar-refractivity contribution in [2.24, 2.45) is 0 Å². The van der Waals surface area contributed by atoms with Crippen molar-refractivity contribution < 1.29 is 9.59 Å². The van der Waals surface area contributed by atoms with Crippen LogP contribution >= 0.6 is 11.6 Å². The third-order valence-corrected chi connectivity index (χ3v) is 5.28. The predicted octanol–water partition coefficient (Wildman–Crippen LogP) is 0.312. The van der Waals surface area contributed by atoms with Crippen LogP contribution in [0, 0.1) is 0 Å². The van der Waals surface area contributed by atoms with Crippen molar-refractivity contribution in [1.29, 1.82) is 0 Å². The molecule has 3 amide bonds. The first-order chi connectivity index (χ1) is 12.4. The van der Waals surface area contributed by atoms with Crippen LogP contribution in [0.5, 0.6) is 0 Å². The Labute approximate surface area is 156 Å².